The molecule has 1 N–H and O–H groups in total. The normalized spacial score (nSPS) is 11.3. The van der Waals surface area contributed by atoms with Gasteiger partial charge in [-0.25, -0.2) is 0 Å². The maximum absolute atomic E-state index is 14.6. The highest BCUT2D eigenvalue weighted by Gasteiger charge is 2.33. The van der Waals surface area contributed by atoms with Gasteiger partial charge in [-0.15, -0.1) is 0 Å². The van der Waals surface area contributed by atoms with Crippen LogP contribution in [0.4, 0.5) is 0 Å². The Hall–Kier alpha value is -3.16. The van der Waals surface area contributed by atoms with Crippen LogP contribution >= 0.6 is 7.14 Å². The minimum absolute atomic E-state index is 0.138. The van der Waals surface area contributed by atoms with Gasteiger partial charge in [0.05, 0.1) is 0 Å². The Bertz CT molecular complexity index is 1070. The van der Waals surface area contributed by atoms with Crippen LogP contribution in [0.2, 0.25) is 0 Å². The number of aromatic hydroxyl groups is 1. The van der Waals surface area contributed by atoms with E-state index in [9.17, 15) is 9.67 Å². The van der Waals surface area contributed by atoms with Gasteiger partial charge in [0, 0.05) is 27.9 Å². The molecule has 4 aromatic rings. The molecule has 0 saturated carbocycles. The Morgan fingerprint density at radius 1 is 0.630 bits per heavy atom. The van der Waals surface area contributed by atoms with Gasteiger partial charge in [-0.05, 0) is 12.1 Å². The van der Waals surface area contributed by atoms with Crippen molar-refractivity contribution in [1.82, 2.24) is 4.98 Å². The van der Waals surface area contributed by atoms with Crippen molar-refractivity contribution in [3.05, 3.63) is 103 Å². The van der Waals surface area contributed by atoms with Gasteiger partial charge in [-0.2, -0.15) is 0 Å². The number of phenols is 1. The van der Waals surface area contributed by atoms with Gasteiger partial charge in [0.25, 0.3) is 0 Å². The molecule has 4 heteroatoms. The molecular weight excluding hydrogens is 353 g/mol. The van der Waals surface area contributed by atoms with Crippen molar-refractivity contribution in [2.45, 2.75) is 0 Å². The summed E-state index contributed by atoms with van der Waals surface area (Å²) in [5.41, 5.74) is 1.77. The summed E-state index contributed by atoms with van der Waals surface area (Å²) in [6.07, 6.45) is 1.65. The summed E-state index contributed by atoms with van der Waals surface area (Å²) in [7, 11) is -3.22. The van der Waals surface area contributed by atoms with Gasteiger partial charge in [0.1, 0.15) is 11.2 Å². The zero-order valence-electron chi connectivity index (χ0n) is 14.6. The van der Waals surface area contributed by atoms with Crippen molar-refractivity contribution < 1.29 is 9.67 Å². The Balaban J connectivity index is 2.05. The molecule has 0 unspecified atom stereocenters. The lowest BCUT2D eigenvalue weighted by atomic mass is 10.1. The van der Waals surface area contributed by atoms with Gasteiger partial charge in [0.15, 0.2) is 7.14 Å². The van der Waals surface area contributed by atoms with Crippen LogP contribution in [-0.2, 0) is 4.57 Å². The monoisotopic (exact) mass is 371 g/mol. The first-order chi connectivity index (χ1) is 13.2. The predicted molar refractivity (Wildman–Crippen MR) is 111 cm³/mol. The summed E-state index contributed by atoms with van der Waals surface area (Å²) in [6, 6.07) is 29.5. The first-order valence-electron chi connectivity index (χ1n) is 8.66. The molecule has 0 atom stereocenters. The average molecular weight is 371 g/mol. The second-order valence-electron chi connectivity index (χ2n) is 6.17. The molecule has 0 saturated heterocycles. The van der Waals surface area contributed by atoms with Crippen LogP contribution in [0.1, 0.15) is 0 Å². The largest absolute Gasteiger partial charge is 0.507 e. The molecule has 0 spiro atoms. The molecule has 0 radical (unpaired) electrons. The van der Waals surface area contributed by atoms with E-state index in [-0.39, 0.29) is 5.75 Å². The quantitative estimate of drug-likeness (QED) is 0.550. The summed E-state index contributed by atoms with van der Waals surface area (Å²) < 4.78 is 14.6. The molecular formula is C23H18NO2P. The number of benzene rings is 3. The standard InChI is InChI=1S/C23H18NO2P/c25-22-16-8-7-14-20(22)21-15-9-17-24-23(21)27(26,18-10-3-1-4-11-18)19-12-5-2-6-13-19/h1-17,25H. The van der Waals surface area contributed by atoms with Crippen LogP contribution < -0.4 is 16.0 Å². The Morgan fingerprint density at radius 3 is 1.74 bits per heavy atom. The summed E-state index contributed by atoms with van der Waals surface area (Å²) in [5, 5.41) is 11.8. The molecule has 27 heavy (non-hydrogen) atoms. The molecule has 0 amide bonds. The average Bonchev–Trinajstić information content (AvgIpc) is 2.75. The summed E-state index contributed by atoms with van der Waals surface area (Å²) >= 11 is 0. The van der Waals surface area contributed by atoms with E-state index in [0.717, 1.165) is 0 Å². The maximum atomic E-state index is 14.6. The van der Waals surface area contributed by atoms with E-state index < -0.39 is 7.14 Å². The zero-order chi connectivity index (χ0) is 18.7. The van der Waals surface area contributed by atoms with Crippen molar-refractivity contribution in [1.29, 1.82) is 0 Å². The smallest absolute Gasteiger partial charge is 0.189 e. The van der Waals surface area contributed by atoms with E-state index in [0.29, 0.717) is 27.2 Å². The van der Waals surface area contributed by atoms with Gasteiger partial charge in [-0.3, -0.25) is 4.98 Å². The summed E-state index contributed by atoms with van der Waals surface area (Å²) in [4.78, 5) is 4.55. The lowest BCUT2D eigenvalue weighted by molar-refractivity contribution is 0.477. The van der Waals surface area contributed by atoms with Crippen LogP contribution in [0.3, 0.4) is 0 Å². The lowest BCUT2D eigenvalue weighted by Gasteiger charge is -2.21. The minimum atomic E-state index is -3.22. The van der Waals surface area contributed by atoms with E-state index in [2.05, 4.69) is 4.98 Å². The van der Waals surface area contributed by atoms with E-state index in [1.54, 1.807) is 24.4 Å². The number of phenolic OH excluding ortho intramolecular Hbond substituents is 1. The number of pyridine rings is 1. The van der Waals surface area contributed by atoms with E-state index in [1.165, 1.54) is 0 Å². The van der Waals surface area contributed by atoms with Crippen molar-refractivity contribution in [3.63, 3.8) is 0 Å². The third-order valence-corrected chi connectivity index (χ3v) is 7.52. The molecule has 1 aromatic heterocycles. The van der Waals surface area contributed by atoms with Crippen molar-refractivity contribution >= 4 is 23.2 Å². The first kappa shape index (κ1) is 17.3. The molecule has 0 aliphatic rings. The highest BCUT2D eigenvalue weighted by Crippen LogP contribution is 2.45. The fraction of sp³-hybridized carbons (Fsp3) is 0. The second-order valence-corrected chi connectivity index (χ2v) is 8.85. The fourth-order valence-electron chi connectivity index (χ4n) is 3.23. The minimum Gasteiger partial charge on any atom is -0.507 e. The first-order valence-corrected chi connectivity index (χ1v) is 10.4. The van der Waals surface area contributed by atoms with Crippen molar-refractivity contribution in [2.24, 2.45) is 0 Å². The third-order valence-electron chi connectivity index (χ3n) is 4.52. The number of hydrogen-bond acceptors (Lipinski definition) is 3. The van der Waals surface area contributed by atoms with Crippen LogP contribution in [-0.4, -0.2) is 10.1 Å². The summed E-state index contributed by atoms with van der Waals surface area (Å²) in [6.45, 7) is 0. The molecule has 3 aromatic carbocycles. The SMILES string of the molecule is O=P(c1ccccc1)(c1ccccc1)c1ncccc1-c1ccccc1O. The molecule has 1 heterocycles. The van der Waals surface area contributed by atoms with Crippen molar-refractivity contribution in [2.75, 3.05) is 0 Å². The van der Waals surface area contributed by atoms with Crippen LogP contribution in [0.15, 0.2) is 103 Å². The molecule has 4 rings (SSSR count). The highest BCUT2D eigenvalue weighted by molar-refractivity contribution is 7.85. The fourth-order valence-corrected chi connectivity index (χ4v) is 5.96. The maximum Gasteiger partial charge on any atom is 0.189 e. The Kier molecular flexibility index (Phi) is 4.62. The van der Waals surface area contributed by atoms with E-state index in [1.807, 2.05) is 78.9 Å². The molecule has 132 valence electrons. The Morgan fingerprint density at radius 2 is 1.15 bits per heavy atom. The number of nitrogens with zero attached hydrogens (tertiary/aromatic N) is 1. The van der Waals surface area contributed by atoms with E-state index in [4.69, 9.17) is 0 Å². The van der Waals surface area contributed by atoms with E-state index >= 15 is 0 Å². The molecule has 0 bridgehead atoms. The second kappa shape index (κ2) is 7.22. The number of rotatable bonds is 4. The predicted octanol–water partition coefficient (Wildman–Crippen LogP) is 4.09. The summed E-state index contributed by atoms with van der Waals surface area (Å²) in [5.74, 6) is 0.138. The number of aromatic nitrogens is 1. The van der Waals surface area contributed by atoms with Gasteiger partial charge >= 0.3 is 0 Å². The van der Waals surface area contributed by atoms with Crippen molar-refractivity contribution in [3.8, 4) is 16.9 Å². The Labute approximate surface area is 158 Å². The van der Waals surface area contributed by atoms with Crippen LogP contribution in [0.25, 0.3) is 11.1 Å². The lowest BCUT2D eigenvalue weighted by Crippen LogP contribution is -2.28. The molecule has 0 fully saturated rings. The number of para-hydroxylation sites is 1. The van der Waals surface area contributed by atoms with Gasteiger partial charge in [-0.1, -0.05) is 84.9 Å². The third kappa shape index (κ3) is 3.07. The molecule has 3 nitrogen and oxygen atoms in total. The molecule has 0 aliphatic heterocycles. The zero-order valence-corrected chi connectivity index (χ0v) is 15.5. The van der Waals surface area contributed by atoms with Crippen LogP contribution in [0.5, 0.6) is 5.75 Å². The highest BCUT2D eigenvalue weighted by atomic mass is 31.2. The van der Waals surface area contributed by atoms with Crippen LogP contribution in [0, 0.1) is 0 Å². The molecule has 0 aliphatic carbocycles. The topological polar surface area (TPSA) is 50.2 Å². The number of hydrogen-bond donors (Lipinski definition) is 1. The van der Waals surface area contributed by atoms with Gasteiger partial charge in [0.2, 0.25) is 0 Å². The van der Waals surface area contributed by atoms with Gasteiger partial charge < -0.3 is 9.67 Å².